The molecule has 0 saturated carbocycles. The third-order valence-electron chi connectivity index (χ3n) is 4.02. The van der Waals surface area contributed by atoms with E-state index in [1.54, 1.807) is 11.3 Å². The van der Waals surface area contributed by atoms with Gasteiger partial charge in [-0.1, -0.05) is 40.7 Å². The molecule has 0 atom stereocenters. The molecule has 3 nitrogen and oxygen atoms in total. The van der Waals surface area contributed by atoms with Gasteiger partial charge < -0.3 is 4.90 Å². The first-order valence-electron chi connectivity index (χ1n) is 7.60. The Hall–Kier alpha value is -2.20. The Morgan fingerprint density at radius 2 is 1.61 bits per heavy atom. The standard InChI is InChI=1S/C19H20N2OS/c1-11-6-7-16-15(10-11)18(22)20-19(23-16)21(5)17-13(3)8-12(2)9-14(17)4/h6-10H,1-5H3. The number of aryl methyl sites for hydroxylation is 4. The summed E-state index contributed by atoms with van der Waals surface area (Å²) >= 11 is 1.55. The first-order valence-corrected chi connectivity index (χ1v) is 8.41. The Balaban J connectivity index is 2.17. The summed E-state index contributed by atoms with van der Waals surface area (Å²) in [5.74, 6) is 0. The third-order valence-corrected chi connectivity index (χ3v) is 5.15. The lowest BCUT2D eigenvalue weighted by Gasteiger charge is -2.22. The van der Waals surface area contributed by atoms with Crippen molar-refractivity contribution in [3.05, 3.63) is 62.9 Å². The largest absolute Gasteiger partial charge is 0.320 e. The van der Waals surface area contributed by atoms with Gasteiger partial charge in [0.2, 0.25) is 0 Å². The van der Waals surface area contributed by atoms with Gasteiger partial charge in [0.15, 0.2) is 5.13 Å². The first-order chi connectivity index (χ1) is 10.9. The normalized spacial score (nSPS) is 11.0. The predicted octanol–water partition coefficient (Wildman–Crippen LogP) is 4.66. The number of anilines is 2. The minimum atomic E-state index is -0.160. The maximum Gasteiger partial charge on any atom is 0.281 e. The molecule has 3 rings (SSSR count). The topological polar surface area (TPSA) is 33.2 Å². The Bertz CT molecular complexity index is 936. The summed E-state index contributed by atoms with van der Waals surface area (Å²) in [5.41, 5.74) is 5.66. The monoisotopic (exact) mass is 324 g/mol. The maximum atomic E-state index is 12.4. The van der Waals surface area contributed by atoms with E-state index >= 15 is 0 Å². The van der Waals surface area contributed by atoms with E-state index in [0.29, 0.717) is 5.39 Å². The minimum absolute atomic E-state index is 0.160. The smallest absolute Gasteiger partial charge is 0.281 e. The molecule has 0 spiro atoms. The van der Waals surface area contributed by atoms with Crippen LogP contribution in [0, 0.1) is 27.7 Å². The third kappa shape index (κ3) is 2.86. The zero-order chi connectivity index (χ0) is 16.7. The average Bonchev–Trinajstić information content (AvgIpc) is 2.46. The Labute approximate surface area is 140 Å². The van der Waals surface area contributed by atoms with E-state index in [1.807, 2.05) is 37.1 Å². The molecule has 23 heavy (non-hydrogen) atoms. The molecule has 1 heterocycles. The Morgan fingerprint density at radius 1 is 0.957 bits per heavy atom. The molecule has 0 radical (unpaired) electrons. The van der Waals surface area contributed by atoms with Crippen LogP contribution < -0.4 is 10.5 Å². The molecule has 0 amide bonds. The van der Waals surface area contributed by atoms with Crippen molar-refractivity contribution in [2.75, 3.05) is 11.9 Å². The lowest BCUT2D eigenvalue weighted by atomic mass is 10.0. The fourth-order valence-corrected chi connectivity index (χ4v) is 4.05. The lowest BCUT2D eigenvalue weighted by molar-refractivity contribution is 1.11. The highest BCUT2D eigenvalue weighted by atomic mass is 32.1. The molecule has 2 aromatic carbocycles. The van der Waals surface area contributed by atoms with Gasteiger partial charge in [-0.25, -0.2) is 0 Å². The van der Waals surface area contributed by atoms with E-state index in [-0.39, 0.29) is 5.56 Å². The Morgan fingerprint density at radius 3 is 2.26 bits per heavy atom. The molecular weight excluding hydrogens is 304 g/mol. The van der Waals surface area contributed by atoms with Crippen molar-refractivity contribution in [1.82, 2.24) is 4.98 Å². The second-order valence-corrected chi connectivity index (χ2v) is 7.12. The second-order valence-electron chi connectivity index (χ2n) is 6.11. The van der Waals surface area contributed by atoms with Crippen LogP contribution in [0.1, 0.15) is 22.3 Å². The highest BCUT2D eigenvalue weighted by molar-refractivity contribution is 7.21. The van der Waals surface area contributed by atoms with Crippen LogP contribution in [0.2, 0.25) is 0 Å². The molecule has 0 bridgehead atoms. The SMILES string of the molecule is Cc1cc(C)c(N(C)c2nc(=O)c3cc(C)ccc3s2)c(C)c1. The van der Waals surface area contributed by atoms with Crippen molar-refractivity contribution in [3.8, 4) is 0 Å². The first kappa shape index (κ1) is 15.7. The van der Waals surface area contributed by atoms with E-state index in [9.17, 15) is 4.79 Å². The molecule has 0 unspecified atom stereocenters. The van der Waals surface area contributed by atoms with Crippen molar-refractivity contribution >= 4 is 32.2 Å². The van der Waals surface area contributed by atoms with Gasteiger partial charge in [0.1, 0.15) is 0 Å². The molecule has 118 valence electrons. The van der Waals surface area contributed by atoms with Gasteiger partial charge >= 0.3 is 0 Å². The summed E-state index contributed by atoms with van der Waals surface area (Å²) in [6.45, 7) is 8.28. The lowest BCUT2D eigenvalue weighted by Crippen LogP contribution is -2.17. The molecular formula is C19H20N2OS. The van der Waals surface area contributed by atoms with Crippen LogP contribution in [0.3, 0.4) is 0 Å². The van der Waals surface area contributed by atoms with Crippen LogP contribution in [-0.4, -0.2) is 12.0 Å². The van der Waals surface area contributed by atoms with Crippen LogP contribution in [0.15, 0.2) is 35.1 Å². The van der Waals surface area contributed by atoms with Gasteiger partial charge in [0, 0.05) is 17.4 Å². The molecule has 4 heteroatoms. The summed E-state index contributed by atoms with van der Waals surface area (Å²) < 4.78 is 0.972. The molecule has 0 fully saturated rings. The van der Waals surface area contributed by atoms with E-state index < -0.39 is 0 Å². The molecule has 0 saturated heterocycles. The van der Waals surface area contributed by atoms with Crippen molar-refractivity contribution in [3.63, 3.8) is 0 Å². The van der Waals surface area contributed by atoms with Crippen molar-refractivity contribution in [2.45, 2.75) is 27.7 Å². The van der Waals surface area contributed by atoms with Crippen molar-refractivity contribution in [2.24, 2.45) is 0 Å². The molecule has 0 aliphatic heterocycles. The summed E-state index contributed by atoms with van der Waals surface area (Å²) in [6.07, 6.45) is 0. The van der Waals surface area contributed by atoms with E-state index in [1.165, 1.54) is 16.7 Å². The summed E-state index contributed by atoms with van der Waals surface area (Å²) in [7, 11) is 1.98. The van der Waals surface area contributed by atoms with Crippen molar-refractivity contribution in [1.29, 1.82) is 0 Å². The van der Waals surface area contributed by atoms with Crippen LogP contribution in [0.25, 0.3) is 10.1 Å². The van der Waals surface area contributed by atoms with E-state index in [4.69, 9.17) is 0 Å². The zero-order valence-electron chi connectivity index (χ0n) is 14.1. The molecule has 0 aliphatic carbocycles. The number of rotatable bonds is 2. The average molecular weight is 324 g/mol. The number of fused-ring (bicyclic) bond motifs is 1. The second kappa shape index (κ2) is 5.78. The zero-order valence-corrected chi connectivity index (χ0v) is 14.9. The van der Waals surface area contributed by atoms with Crippen LogP contribution in [-0.2, 0) is 0 Å². The quantitative estimate of drug-likeness (QED) is 0.687. The summed E-state index contributed by atoms with van der Waals surface area (Å²) in [6, 6.07) is 10.3. The van der Waals surface area contributed by atoms with Gasteiger partial charge in [0.05, 0.1) is 5.39 Å². The van der Waals surface area contributed by atoms with E-state index in [2.05, 4.69) is 37.9 Å². The summed E-state index contributed by atoms with van der Waals surface area (Å²) in [4.78, 5) is 18.7. The minimum Gasteiger partial charge on any atom is -0.320 e. The highest BCUT2D eigenvalue weighted by Crippen LogP contribution is 2.33. The molecule has 1 aromatic heterocycles. The van der Waals surface area contributed by atoms with Gasteiger partial charge in [0.25, 0.3) is 5.56 Å². The highest BCUT2D eigenvalue weighted by Gasteiger charge is 2.14. The van der Waals surface area contributed by atoms with Crippen LogP contribution in [0.4, 0.5) is 10.8 Å². The Kier molecular flexibility index (Phi) is 3.94. The maximum absolute atomic E-state index is 12.4. The number of hydrogen-bond acceptors (Lipinski definition) is 4. The fraction of sp³-hybridized carbons (Fsp3) is 0.263. The summed E-state index contributed by atoms with van der Waals surface area (Å²) in [5, 5.41) is 1.42. The number of nitrogens with zero attached hydrogens (tertiary/aromatic N) is 2. The van der Waals surface area contributed by atoms with Crippen LogP contribution >= 0.6 is 11.3 Å². The molecule has 3 aromatic rings. The predicted molar refractivity (Wildman–Crippen MR) is 99.3 cm³/mol. The fourth-order valence-electron chi connectivity index (χ4n) is 3.11. The van der Waals surface area contributed by atoms with Crippen molar-refractivity contribution < 1.29 is 0 Å². The number of benzene rings is 2. The van der Waals surface area contributed by atoms with E-state index in [0.717, 1.165) is 21.1 Å². The van der Waals surface area contributed by atoms with Gasteiger partial charge in [-0.15, -0.1) is 0 Å². The molecule has 0 aliphatic rings. The van der Waals surface area contributed by atoms with Gasteiger partial charge in [-0.2, -0.15) is 4.98 Å². The number of aromatic nitrogens is 1. The van der Waals surface area contributed by atoms with Gasteiger partial charge in [-0.3, -0.25) is 4.79 Å². The van der Waals surface area contributed by atoms with Gasteiger partial charge in [-0.05, 0) is 51.0 Å². The van der Waals surface area contributed by atoms with Crippen LogP contribution in [0.5, 0.6) is 0 Å². The number of hydrogen-bond donors (Lipinski definition) is 0. The molecule has 0 N–H and O–H groups in total.